The van der Waals surface area contributed by atoms with Gasteiger partial charge in [0.2, 0.25) is 0 Å². The maximum Gasteiger partial charge on any atom is 0.0786 e. The first-order valence-electron chi connectivity index (χ1n) is 8.09. The highest BCUT2D eigenvalue weighted by Crippen LogP contribution is 2.16. The van der Waals surface area contributed by atoms with E-state index >= 15 is 0 Å². The second-order valence-electron chi connectivity index (χ2n) is 5.65. The van der Waals surface area contributed by atoms with E-state index in [-0.39, 0.29) is 10.9 Å². The molecule has 0 aromatic rings. The van der Waals surface area contributed by atoms with Gasteiger partial charge < -0.3 is 15.3 Å². The summed E-state index contributed by atoms with van der Waals surface area (Å²) < 4.78 is 1.42. The molecule has 0 bridgehead atoms. The Morgan fingerprint density at radius 2 is 0.737 bits per heavy atom. The zero-order valence-electron chi connectivity index (χ0n) is 14.0. The summed E-state index contributed by atoms with van der Waals surface area (Å²) in [5, 5.41) is 0. The Labute approximate surface area is 121 Å². The van der Waals surface area contributed by atoms with Crippen LogP contribution in [-0.4, -0.2) is 30.7 Å². The first-order chi connectivity index (χ1) is 8.24. The van der Waals surface area contributed by atoms with Crippen LogP contribution < -0.4 is 10.9 Å². The Hall–Kier alpha value is -0.150. The highest BCUT2D eigenvalue weighted by molar-refractivity contribution is 4.49. The maximum atomic E-state index is 2.33. The van der Waals surface area contributed by atoms with Crippen LogP contribution >= 0.6 is 0 Å². The molecular formula is C16H39FN2. The summed E-state index contributed by atoms with van der Waals surface area (Å²) in [5.41, 5.74) is 0. The fraction of sp³-hybridized carbons (Fsp3) is 1.00. The van der Waals surface area contributed by atoms with Gasteiger partial charge in [0.1, 0.15) is 0 Å². The van der Waals surface area contributed by atoms with E-state index in [1.165, 1.54) is 82.0 Å². The van der Waals surface area contributed by atoms with Crippen LogP contribution in [0.25, 0.3) is 0 Å². The minimum atomic E-state index is 0. The molecule has 0 amide bonds. The Bertz CT molecular complexity index is 125. The summed E-state index contributed by atoms with van der Waals surface area (Å²) in [7, 11) is 0. The lowest BCUT2D eigenvalue weighted by molar-refractivity contribution is -0.929. The van der Waals surface area contributed by atoms with Gasteiger partial charge in [-0.1, -0.05) is 53.4 Å². The number of hydrogen-bond acceptors (Lipinski definition) is 1. The standard InChI is InChI=1S/C16H36N.FH.H3N/c1-5-9-13-17(14-10-6-2,15-11-7-3)16-12-8-4;;/h5-16H2,1-4H3;1H;1H3/q+1;;/p-1. The number of hydrogen-bond donors (Lipinski definition) is 1. The molecule has 3 heteroatoms. The minimum absolute atomic E-state index is 0. The maximum absolute atomic E-state index is 2.33. The number of unbranched alkanes of at least 4 members (excludes halogenated alkanes) is 4. The van der Waals surface area contributed by atoms with Crippen LogP contribution in [0.15, 0.2) is 0 Å². The molecule has 0 unspecified atom stereocenters. The molecule has 2 nitrogen and oxygen atoms in total. The van der Waals surface area contributed by atoms with Crippen molar-refractivity contribution < 1.29 is 9.19 Å². The van der Waals surface area contributed by atoms with Gasteiger partial charge >= 0.3 is 0 Å². The monoisotopic (exact) mass is 278 g/mol. The Kier molecular flexibility index (Phi) is 20.0. The predicted molar refractivity (Wildman–Crippen MR) is 84.4 cm³/mol. The number of halogens is 1. The Morgan fingerprint density at radius 1 is 0.526 bits per heavy atom. The van der Waals surface area contributed by atoms with Crippen LogP contribution in [0.3, 0.4) is 0 Å². The van der Waals surface area contributed by atoms with Gasteiger partial charge in [-0.05, 0) is 25.7 Å². The van der Waals surface area contributed by atoms with E-state index in [9.17, 15) is 0 Å². The molecule has 0 aliphatic heterocycles. The normalized spacial score (nSPS) is 10.7. The zero-order chi connectivity index (χ0) is 13.0. The van der Waals surface area contributed by atoms with Crippen molar-refractivity contribution in [2.45, 2.75) is 79.1 Å². The van der Waals surface area contributed by atoms with Crippen molar-refractivity contribution in [2.75, 3.05) is 26.2 Å². The molecular weight excluding hydrogens is 239 g/mol. The lowest BCUT2D eigenvalue weighted by atomic mass is 10.1. The van der Waals surface area contributed by atoms with E-state index in [1.54, 1.807) is 0 Å². The summed E-state index contributed by atoms with van der Waals surface area (Å²) in [6.07, 6.45) is 11.1. The van der Waals surface area contributed by atoms with Crippen molar-refractivity contribution in [1.82, 2.24) is 6.15 Å². The molecule has 0 aliphatic rings. The smallest absolute Gasteiger partial charge is 0.0786 e. The second kappa shape index (κ2) is 15.9. The minimum Gasteiger partial charge on any atom is -1.00 e. The third kappa shape index (κ3) is 11.4. The topological polar surface area (TPSA) is 35.0 Å². The van der Waals surface area contributed by atoms with Gasteiger partial charge in [-0.15, -0.1) is 0 Å². The van der Waals surface area contributed by atoms with Gasteiger partial charge in [-0.2, -0.15) is 0 Å². The summed E-state index contributed by atoms with van der Waals surface area (Å²) in [6.45, 7) is 15.0. The van der Waals surface area contributed by atoms with E-state index in [2.05, 4.69) is 27.7 Å². The van der Waals surface area contributed by atoms with Crippen molar-refractivity contribution in [2.24, 2.45) is 0 Å². The molecule has 0 saturated heterocycles. The van der Waals surface area contributed by atoms with Crippen LogP contribution in [0.2, 0.25) is 0 Å². The molecule has 0 atom stereocenters. The second-order valence-corrected chi connectivity index (χ2v) is 5.65. The summed E-state index contributed by atoms with van der Waals surface area (Å²) in [4.78, 5) is 0. The molecule has 0 heterocycles. The number of quaternary nitrogens is 1. The lowest BCUT2D eigenvalue weighted by Crippen LogP contribution is -3.00. The molecule has 0 radical (unpaired) electrons. The van der Waals surface area contributed by atoms with Gasteiger partial charge in [0.15, 0.2) is 0 Å². The van der Waals surface area contributed by atoms with Gasteiger partial charge in [0.25, 0.3) is 0 Å². The largest absolute Gasteiger partial charge is 1.00 e. The molecule has 0 rings (SSSR count). The van der Waals surface area contributed by atoms with Crippen LogP contribution in [-0.2, 0) is 0 Å². The zero-order valence-corrected chi connectivity index (χ0v) is 14.0. The summed E-state index contributed by atoms with van der Waals surface area (Å²) >= 11 is 0. The van der Waals surface area contributed by atoms with E-state index in [1.807, 2.05) is 0 Å². The molecule has 0 saturated carbocycles. The SMILES string of the molecule is CCCC[N+](CCCC)(CCCC)CCCC.N.[F-]. The molecule has 0 aliphatic carbocycles. The fourth-order valence-electron chi connectivity index (χ4n) is 2.64. The van der Waals surface area contributed by atoms with E-state index in [4.69, 9.17) is 0 Å². The molecule has 0 aromatic carbocycles. The third-order valence-corrected chi connectivity index (χ3v) is 3.94. The van der Waals surface area contributed by atoms with Crippen LogP contribution in [0.1, 0.15) is 79.1 Å². The highest BCUT2D eigenvalue weighted by Gasteiger charge is 2.24. The average molecular weight is 278 g/mol. The third-order valence-electron chi connectivity index (χ3n) is 3.94. The first-order valence-corrected chi connectivity index (χ1v) is 8.09. The highest BCUT2D eigenvalue weighted by atomic mass is 19.0. The number of rotatable bonds is 12. The molecule has 19 heavy (non-hydrogen) atoms. The molecule has 0 aromatic heterocycles. The Morgan fingerprint density at radius 3 is 0.895 bits per heavy atom. The summed E-state index contributed by atoms with van der Waals surface area (Å²) in [5.74, 6) is 0. The van der Waals surface area contributed by atoms with Crippen molar-refractivity contribution in [1.29, 1.82) is 0 Å². The van der Waals surface area contributed by atoms with Crippen LogP contribution in [0.4, 0.5) is 0 Å². The van der Waals surface area contributed by atoms with Gasteiger partial charge in [-0.25, -0.2) is 0 Å². The quantitative estimate of drug-likeness (QED) is 0.546. The first kappa shape index (κ1) is 23.9. The molecule has 0 spiro atoms. The van der Waals surface area contributed by atoms with Gasteiger partial charge in [-0.3, -0.25) is 0 Å². The van der Waals surface area contributed by atoms with Crippen molar-refractivity contribution in [3.63, 3.8) is 0 Å². The van der Waals surface area contributed by atoms with Crippen molar-refractivity contribution in [3.8, 4) is 0 Å². The van der Waals surface area contributed by atoms with Crippen molar-refractivity contribution >= 4 is 0 Å². The predicted octanol–water partition coefficient (Wildman–Crippen LogP) is 2.17. The van der Waals surface area contributed by atoms with Gasteiger partial charge in [0, 0.05) is 0 Å². The fourth-order valence-corrected chi connectivity index (χ4v) is 2.64. The van der Waals surface area contributed by atoms with Crippen molar-refractivity contribution in [3.05, 3.63) is 0 Å². The van der Waals surface area contributed by atoms with E-state index in [0.29, 0.717) is 0 Å². The molecule has 120 valence electrons. The Balaban J connectivity index is -0.00000128. The van der Waals surface area contributed by atoms with Crippen LogP contribution in [0, 0.1) is 0 Å². The average Bonchev–Trinajstić information content (AvgIpc) is 2.37. The van der Waals surface area contributed by atoms with Crippen LogP contribution in [0.5, 0.6) is 0 Å². The van der Waals surface area contributed by atoms with Gasteiger partial charge in [0.05, 0.1) is 26.2 Å². The van der Waals surface area contributed by atoms with E-state index < -0.39 is 0 Å². The van der Waals surface area contributed by atoms with E-state index in [0.717, 1.165) is 0 Å². The lowest BCUT2D eigenvalue weighted by Gasteiger charge is -2.39. The molecule has 3 N–H and O–H groups in total. The summed E-state index contributed by atoms with van der Waals surface area (Å²) in [6, 6.07) is 0. The molecule has 0 fully saturated rings. The number of nitrogens with zero attached hydrogens (tertiary/aromatic N) is 1.